The highest BCUT2D eigenvalue weighted by Crippen LogP contribution is 2.23. The molecule has 4 nitrogen and oxygen atoms in total. The van der Waals surface area contributed by atoms with Gasteiger partial charge in [-0.2, -0.15) is 0 Å². The number of hydrogen-bond donors (Lipinski definition) is 1. The number of carbonyl (C=O) groups excluding carboxylic acids is 1. The molecule has 1 heterocycles. The van der Waals surface area contributed by atoms with Gasteiger partial charge in [-0.1, -0.05) is 0 Å². The van der Waals surface area contributed by atoms with Crippen molar-refractivity contribution in [3.63, 3.8) is 0 Å². The summed E-state index contributed by atoms with van der Waals surface area (Å²) in [6.07, 6.45) is -1.54. The number of pyridine rings is 1. The Balaban J connectivity index is 2.94. The number of nitrogens with zero attached hydrogens (tertiary/aromatic N) is 1. The van der Waals surface area contributed by atoms with Crippen LogP contribution in [0.15, 0.2) is 12.3 Å². The van der Waals surface area contributed by atoms with Crippen molar-refractivity contribution >= 4 is 5.97 Å². The average molecular weight is 244 g/mol. The molecule has 94 valence electrons. The summed E-state index contributed by atoms with van der Waals surface area (Å²) in [4.78, 5) is 15.0. The van der Waals surface area contributed by atoms with Gasteiger partial charge in [0.05, 0.1) is 18.7 Å². The van der Waals surface area contributed by atoms with Gasteiger partial charge in [0.1, 0.15) is 0 Å². The SMILES string of the molecule is CCOC(=O)Cc1ncc(CN)cc1C(F)F. The van der Waals surface area contributed by atoms with Crippen LogP contribution in [-0.4, -0.2) is 17.6 Å². The Hall–Kier alpha value is -1.56. The third-order valence-electron chi connectivity index (χ3n) is 2.15. The summed E-state index contributed by atoms with van der Waals surface area (Å²) in [5, 5.41) is 0. The molecule has 0 unspecified atom stereocenters. The molecule has 0 aliphatic rings. The molecule has 1 rings (SSSR count). The molecular formula is C11H14F2N2O2. The molecule has 0 aromatic carbocycles. The van der Waals surface area contributed by atoms with Crippen LogP contribution in [0.2, 0.25) is 0 Å². The Labute approximate surface area is 97.8 Å². The van der Waals surface area contributed by atoms with Gasteiger partial charge in [0.15, 0.2) is 0 Å². The van der Waals surface area contributed by atoms with Gasteiger partial charge >= 0.3 is 5.97 Å². The number of nitrogens with two attached hydrogens (primary N) is 1. The van der Waals surface area contributed by atoms with Crippen LogP contribution in [-0.2, 0) is 22.5 Å². The molecule has 2 N–H and O–H groups in total. The van der Waals surface area contributed by atoms with Crippen LogP contribution in [0.25, 0.3) is 0 Å². The highest BCUT2D eigenvalue weighted by atomic mass is 19.3. The van der Waals surface area contributed by atoms with E-state index in [-0.39, 0.29) is 30.8 Å². The topological polar surface area (TPSA) is 65.2 Å². The second-order valence-electron chi connectivity index (χ2n) is 3.37. The lowest BCUT2D eigenvalue weighted by Crippen LogP contribution is -2.12. The first-order valence-corrected chi connectivity index (χ1v) is 5.20. The number of rotatable bonds is 5. The summed E-state index contributed by atoms with van der Waals surface area (Å²) >= 11 is 0. The first-order chi connectivity index (χ1) is 8.08. The third-order valence-corrected chi connectivity index (χ3v) is 2.15. The predicted molar refractivity (Wildman–Crippen MR) is 57.4 cm³/mol. The quantitative estimate of drug-likeness (QED) is 0.799. The Bertz CT molecular complexity index is 397. The van der Waals surface area contributed by atoms with E-state index in [0.29, 0.717) is 5.56 Å². The van der Waals surface area contributed by atoms with Crippen LogP contribution in [0.1, 0.15) is 30.2 Å². The smallest absolute Gasteiger partial charge is 0.311 e. The van der Waals surface area contributed by atoms with Gasteiger partial charge in [0, 0.05) is 18.3 Å². The van der Waals surface area contributed by atoms with Crippen molar-refractivity contribution in [2.75, 3.05) is 6.61 Å². The zero-order chi connectivity index (χ0) is 12.8. The lowest BCUT2D eigenvalue weighted by atomic mass is 10.1. The van der Waals surface area contributed by atoms with Crippen molar-refractivity contribution in [2.45, 2.75) is 26.3 Å². The average Bonchev–Trinajstić information content (AvgIpc) is 2.29. The Morgan fingerprint density at radius 3 is 2.82 bits per heavy atom. The molecule has 0 fully saturated rings. The number of hydrogen-bond acceptors (Lipinski definition) is 4. The first kappa shape index (κ1) is 13.5. The van der Waals surface area contributed by atoms with Crippen molar-refractivity contribution in [3.8, 4) is 0 Å². The Kier molecular flexibility index (Phi) is 4.96. The van der Waals surface area contributed by atoms with Crippen LogP contribution in [0, 0.1) is 0 Å². The lowest BCUT2D eigenvalue weighted by Gasteiger charge is -2.09. The van der Waals surface area contributed by atoms with Gasteiger partial charge in [0.2, 0.25) is 0 Å². The summed E-state index contributed by atoms with van der Waals surface area (Å²) in [5.41, 5.74) is 5.62. The molecule has 0 amide bonds. The van der Waals surface area contributed by atoms with E-state index in [1.165, 1.54) is 12.3 Å². The number of alkyl halides is 2. The second-order valence-corrected chi connectivity index (χ2v) is 3.37. The summed E-state index contributed by atoms with van der Waals surface area (Å²) in [6.45, 7) is 1.99. The number of ether oxygens (including phenoxy) is 1. The maximum absolute atomic E-state index is 12.7. The number of aromatic nitrogens is 1. The highest BCUT2D eigenvalue weighted by molar-refractivity contribution is 5.72. The van der Waals surface area contributed by atoms with E-state index in [2.05, 4.69) is 9.72 Å². The van der Waals surface area contributed by atoms with Crippen LogP contribution < -0.4 is 5.73 Å². The zero-order valence-electron chi connectivity index (χ0n) is 9.45. The minimum atomic E-state index is -2.68. The normalized spacial score (nSPS) is 10.6. The molecule has 0 radical (unpaired) electrons. The van der Waals surface area contributed by atoms with Crippen LogP contribution in [0.3, 0.4) is 0 Å². The summed E-state index contributed by atoms with van der Waals surface area (Å²) in [6, 6.07) is 1.27. The monoisotopic (exact) mass is 244 g/mol. The van der Waals surface area contributed by atoms with Crippen molar-refractivity contribution in [1.29, 1.82) is 0 Å². The van der Waals surface area contributed by atoms with Crippen molar-refractivity contribution in [2.24, 2.45) is 5.73 Å². The maximum atomic E-state index is 12.7. The molecule has 6 heteroatoms. The van der Waals surface area contributed by atoms with E-state index in [9.17, 15) is 13.6 Å². The van der Waals surface area contributed by atoms with E-state index in [1.54, 1.807) is 6.92 Å². The van der Waals surface area contributed by atoms with E-state index in [1.807, 2.05) is 0 Å². The van der Waals surface area contributed by atoms with Gasteiger partial charge in [-0.3, -0.25) is 9.78 Å². The molecule has 0 aliphatic heterocycles. The van der Waals surface area contributed by atoms with Crippen molar-refractivity contribution < 1.29 is 18.3 Å². The third kappa shape index (κ3) is 3.74. The van der Waals surface area contributed by atoms with Gasteiger partial charge in [-0.15, -0.1) is 0 Å². The van der Waals surface area contributed by atoms with Gasteiger partial charge in [-0.25, -0.2) is 8.78 Å². The fourth-order valence-electron chi connectivity index (χ4n) is 1.35. The fraction of sp³-hybridized carbons (Fsp3) is 0.455. The van der Waals surface area contributed by atoms with E-state index in [0.717, 1.165) is 0 Å². The molecule has 0 atom stereocenters. The molecular weight excluding hydrogens is 230 g/mol. The fourth-order valence-corrected chi connectivity index (χ4v) is 1.35. The van der Waals surface area contributed by atoms with E-state index in [4.69, 9.17) is 5.73 Å². The minimum absolute atomic E-state index is 0.0376. The van der Waals surface area contributed by atoms with Crippen LogP contribution >= 0.6 is 0 Å². The molecule has 0 saturated carbocycles. The molecule has 0 bridgehead atoms. The summed E-state index contributed by atoms with van der Waals surface area (Å²) in [7, 11) is 0. The van der Waals surface area contributed by atoms with E-state index < -0.39 is 12.4 Å². The molecule has 1 aromatic heterocycles. The molecule has 1 aromatic rings. The standard InChI is InChI=1S/C11H14F2N2O2/c1-2-17-10(16)4-9-8(11(12)13)3-7(5-14)6-15-9/h3,6,11H,2,4-5,14H2,1H3. The van der Waals surface area contributed by atoms with Crippen LogP contribution in [0.4, 0.5) is 8.78 Å². The number of halogens is 2. The predicted octanol–water partition coefficient (Wildman–Crippen LogP) is 1.58. The Morgan fingerprint density at radius 2 is 2.29 bits per heavy atom. The summed E-state index contributed by atoms with van der Waals surface area (Å²) in [5.74, 6) is -0.567. The van der Waals surface area contributed by atoms with Crippen molar-refractivity contribution in [3.05, 3.63) is 29.1 Å². The number of esters is 1. The molecule has 0 saturated heterocycles. The number of carbonyl (C=O) groups is 1. The van der Waals surface area contributed by atoms with Crippen LogP contribution in [0.5, 0.6) is 0 Å². The van der Waals surface area contributed by atoms with Gasteiger partial charge < -0.3 is 10.5 Å². The van der Waals surface area contributed by atoms with E-state index >= 15 is 0 Å². The van der Waals surface area contributed by atoms with Gasteiger partial charge in [0.25, 0.3) is 6.43 Å². The zero-order valence-corrected chi connectivity index (χ0v) is 9.45. The summed E-state index contributed by atoms with van der Waals surface area (Å²) < 4.78 is 30.2. The lowest BCUT2D eigenvalue weighted by molar-refractivity contribution is -0.142. The first-order valence-electron chi connectivity index (χ1n) is 5.20. The molecule has 0 aliphatic carbocycles. The second kappa shape index (κ2) is 6.24. The molecule has 17 heavy (non-hydrogen) atoms. The molecule has 0 spiro atoms. The minimum Gasteiger partial charge on any atom is -0.466 e. The Morgan fingerprint density at radius 1 is 1.59 bits per heavy atom. The van der Waals surface area contributed by atoms with Crippen molar-refractivity contribution in [1.82, 2.24) is 4.98 Å². The van der Waals surface area contributed by atoms with Gasteiger partial charge in [-0.05, 0) is 18.6 Å². The largest absolute Gasteiger partial charge is 0.466 e. The maximum Gasteiger partial charge on any atom is 0.311 e. The highest BCUT2D eigenvalue weighted by Gasteiger charge is 2.17.